The lowest BCUT2D eigenvalue weighted by Crippen LogP contribution is -2.30. The van der Waals surface area contributed by atoms with Crippen molar-refractivity contribution in [3.05, 3.63) is 58.5 Å². The van der Waals surface area contributed by atoms with Crippen LogP contribution in [-0.2, 0) is 0 Å². The van der Waals surface area contributed by atoms with Gasteiger partial charge in [0.05, 0.1) is 5.56 Å². The van der Waals surface area contributed by atoms with Crippen LogP contribution in [0.2, 0.25) is 0 Å². The van der Waals surface area contributed by atoms with E-state index in [9.17, 15) is 9.59 Å². The molecule has 2 rings (SSSR count). The molecule has 0 saturated carbocycles. The van der Waals surface area contributed by atoms with Crippen LogP contribution >= 0.6 is 0 Å². The summed E-state index contributed by atoms with van der Waals surface area (Å²) in [5, 5.41) is 2.80. The molecule has 1 heterocycles. The lowest BCUT2D eigenvalue weighted by atomic mass is 10.1. The van der Waals surface area contributed by atoms with Crippen molar-refractivity contribution in [2.45, 2.75) is 19.9 Å². The number of nitrogens with one attached hydrogen (secondary N) is 2. The highest BCUT2D eigenvalue weighted by Crippen LogP contribution is 2.15. The Labute approximate surface area is 111 Å². The molecule has 98 valence electrons. The zero-order valence-corrected chi connectivity index (χ0v) is 10.9. The topological polar surface area (TPSA) is 62.0 Å². The fraction of sp³-hybridized carbons (Fsp3) is 0.200. The largest absolute Gasteiger partial charge is 0.350 e. The fourth-order valence-electron chi connectivity index (χ4n) is 1.79. The maximum atomic E-state index is 11.9. The molecule has 19 heavy (non-hydrogen) atoms. The second kappa shape index (κ2) is 5.52. The minimum atomic E-state index is -0.202. The smallest absolute Gasteiger partial charge is 0.255 e. The second-order valence-electron chi connectivity index (χ2n) is 4.63. The molecule has 0 fully saturated rings. The minimum absolute atomic E-state index is 0.0552. The SMILES string of the molecule is CC(C)NC(=O)c1c[nH]c(=O)c(-c2ccccc2)c1. The number of carbonyl (C=O) groups excluding carboxylic acids is 1. The second-order valence-corrected chi connectivity index (χ2v) is 4.63. The molecule has 4 nitrogen and oxygen atoms in total. The monoisotopic (exact) mass is 256 g/mol. The number of aromatic amines is 1. The number of amides is 1. The van der Waals surface area contributed by atoms with Gasteiger partial charge in [-0.1, -0.05) is 30.3 Å². The van der Waals surface area contributed by atoms with Gasteiger partial charge < -0.3 is 10.3 Å². The van der Waals surface area contributed by atoms with Gasteiger partial charge in [-0.15, -0.1) is 0 Å². The maximum absolute atomic E-state index is 11.9. The van der Waals surface area contributed by atoms with Gasteiger partial charge in [0, 0.05) is 17.8 Å². The number of carbonyl (C=O) groups is 1. The summed E-state index contributed by atoms with van der Waals surface area (Å²) in [7, 11) is 0. The van der Waals surface area contributed by atoms with Crippen molar-refractivity contribution in [2.75, 3.05) is 0 Å². The summed E-state index contributed by atoms with van der Waals surface area (Å²) >= 11 is 0. The van der Waals surface area contributed by atoms with Crippen molar-refractivity contribution < 1.29 is 4.79 Å². The van der Waals surface area contributed by atoms with Gasteiger partial charge in [0.1, 0.15) is 0 Å². The van der Waals surface area contributed by atoms with Gasteiger partial charge in [-0.05, 0) is 25.5 Å². The van der Waals surface area contributed by atoms with E-state index >= 15 is 0 Å². The first-order valence-corrected chi connectivity index (χ1v) is 6.17. The Kier molecular flexibility index (Phi) is 3.80. The van der Waals surface area contributed by atoms with Gasteiger partial charge in [-0.3, -0.25) is 9.59 Å². The lowest BCUT2D eigenvalue weighted by Gasteiger charge is -2.09. The molecule has 2 aromatic rings. The standard InChI is InChI=1S/C15H16N2O2/c1-10(2)17-14(18)12-8-13(15(19)16-9-12)11-6-4-3-5-7-11/h3-10H,1-2H3,(H,16,19)(H,17,18). The first-order chi connectivity index (χ1) is 9.08. The number of pyridine rings is 1. The summed E-state index contributed by atoms with van der Waals surface area (Å²) in [4.78, 5) is 26.4. The highest BCUT2D eigenvalue weighted by atomic mass is 16.2. The van der Waals surface area contributed by atoms with E-state index in [1.165, 1.54) is 6.20 Å². The van der Waals surface area contributed by atoms with Crippen LogP contribution < -0.4 is 10.9 Å². The van der Waals surface area contributed by atoms with Crippen LogP contribution in [-0.4, -0.2) is 16.9 Å². The number of aromatic nitrogens is 1. The van der Waals surface area contributed by atoms with Crippen LogP contribution in [0.3, 0.4) is 0 Å². The molecule has 4 heteroatoms. The molecule has 1 amide bonds. The van der Waals surface area contributed by atoms with Crippen molar-refractivity contribution in [3.8, 4) is 11.1 Å². The Morgan fingerprint density at radius 3 is 2.53 bits per heavy atom. The first kappa shape index (κ1) is 13.1. The molecule has 0 unspecified atom stereocenters. The lowest BCUT2D eigenvalue weighted by molar-refractivity contribution is 0.0943. The van der Waals surface area contributed by atoms with Crippen LogP contribution in [0, 0.1) is 0 Å². The van der Waals surface area contributed by atoms with Gasteiger partial charge in [-0.2, -0.15) is 0 Å². The number of hydrogen-bond acceptors (Lipinski definition) is 2. The van der Waals surface area contributed by atoms with Gasteiger partial charge in [0.25, 0.3) is 11.5 Å². The molecule has 0 spiro atoms. The molecule has 2 N–H and O–H groups in total. The third-order valence-electron chi connectivity index (χ3n) is 2.67. The predicted octanol–water partition coefficient (Wildman–Crippen LogP) is 2.18. The average molecular weight is 256 g/mol. The van der Waals surface area contributed by atoms with Crippen molar-refractivity contribution in [3.63, 3.8) is 0 Å². The third-order valence-corrected chi connectivity index (χ3v) is 2.67. The Hall–Kier alpha value is -2.36. The van der Waals surface area contributed by atoms with E-state index in [0.29, 0.717) is 11.1 Å². The number of rotatable bonds is 3. The van der Waals surface area contributed by atoms with Gasteiger partial charge in [-0.25, -0.2) is 0 Å². The molecule has 0 atom stereocenters. The Balaban J connectivity index is 2.41. The molecule has 0 aliphatic heterocycles. The van der Waals surface area contributed by atoms with Crippen molar-refractivity contribution in [1.82, 2.24) is 10.3 Å². The molecule has 0 radical (unpaired) electrons. The number of hydrogen-bond donors (Lipinski definition) is 2. The zero-order chi connectivity index (χ0) is 13.8. The number of H-pyrrole nitrogens is 1. The van der Waals surface area contributed by atoms with Crippen molar-refractivity contribution >= 4 is 5.91 Å². The van der Waals surface area contributed by atoms with Gasteiger partial charge in [0.2, 0.25) is 0 Å². The van der Waals surface area contributed by atoms with E-state index in [-0.39, 0.29) is 17.5 Å². The highest BCUT2D eigenvalue weighted by Gasteiger charge is 2.10. The minimum Gasteiger partial charge on any atom is -0.350 e. The van der Waals surface area contributed by atoms with E-state index in [1.807, 2.05) is 44.2 Å². The molecule has 0 bridgehead atoms. The first-order valence-electron chi connectivity index (χ1n) is 6.17. The summed E-state index contributed by atoms with van der Waals surface area (Å²) in [6.07, 6.45) is 1.44. The normalized spacial score (nSPS) is 10.5. The van der Waals surface area contributed by atoms with Gasteiger partial charge >= 0.3 is 0 Å². The Bertz CT molecular complexity index is 630. The summed E-state index contributed by atoms with van der Waals surface area (Å²) in [6, 6.07) is 11.0. The molecular formula is C15H16N2O2. The van der Waals surface area contributed by atoms with Crippen LogP contribution in [0.4, 0.5) is 0 Å². The van der Waals surface area contributed by atoms with Gasteiger partial charge in [0.15, 0.2) is 0 Å². The van der Waals surface area contributed by atoms with Crippen molar-refractivity contribution in [2.24, 2.45) is 0 Å². The molecule has 0 aliphatic rings. The molecule has 0 saturated heterocycles. The third kappa shape index (κ3) is 3.10. The predicted molar refractivity (Wildman–Crippen MR) is 75.1 cm³/mol. The number of benzene rings is 1. The van der Waals surface area contributed by atoms with Crippen LogP contribution in [0.25, 0.3) is 11.1 Å². The summed E-state index contributed by atoms with van der Waals surface area (Å²) < 4.78 is 0. The fourth-order valence-corrected chi connectivity index (χ4v) is 1.79. The van der Waals surface area contributed by atoms with E-state index in [0.717, 1.165) is 5.56 Å². The average Bonchev–Trinajstić information content (AvgIpc) is 2.39. The highest BCUT2D eigenvalue weighted by molar-refractivity contribution is 5.95. The quantitative estimate of drug-likeness (QED) is 0.884. The van der Waals surface area contributed by atoms with E-state index < -0.39 is 0 Å². The van der Waals surface area contributed by atoms with E-state index in [1.54, 1.807) is 6.07 Å². The summed E-state index contributed by atoms with van der Waals surface area (Å²) in [5.74, 6) is -0.191. The molecular weight excluding hydrogens is 240 g/mol. The molecule has 1 aromatic carbocycles. The summed E-state index contributed by atoms with van der Waals surface area (Å²) in [5.41, 5.74) is 1.54. The van der Waals surface area contributed by atoms with Crippen LogP contribution in [0.15, 0.2) is 47.4 Å². The van der Waals surface area contributed by atoms with E-state index in [2.05, 4.69) is 10.3 Å². The zero-order valence-electron chi connectivity index (χ0n) is 10.9. The summed E-state index contributed by atoms with van der Waals surface area (Å²) in [6.45, 7) is 3.78. The van der Waals surface area contributed by atoms with Crippen molar-refractivity contribution in [1.29, 1.82) is 0 Å². The molecule has 0 aliphatic carbocycles. The molecule has 1 aromatic heterocycles. The van der Waals surface area contributed by atoms with E-state index in [4.69, 9.17) is 0 Å². The Morgan fingerprint density at radius 2 is 1.89 bits per heavy atom. The maximum Gasteiger partial charge on any atom is 0.255 e. The van der Waals surface area contributed by atoms with Crippen LogP contribution in [0.1, 0.15) is 24.2 Å². The Morgan fingerprint density at radius 1 is 1.21 bits per heavy atom. The van der Waals surface area contributed by atoms with Crippen LogP contribution in [0.5, 0.6) is 0 Å².